The Bertz CT molecular complexity index is 988. The number of rotatable bonds is 6. The van der Waals surface area contributed by atoms with E-state index in [2.05, 4.69) is 30.3 Å². The largest absolute Gasteiger partial charge is 0.471 e. The SMILES string of the molecule is CCNc1c(NCc2ccc(-c3noc(C(F)(F)F)n3)cn2)c(=O)c1=O. The summed E-state index contributed by atoms with van der Waals surface area (Å²) in [6, 6.07) is 3.01. The van der Waals surface area contributed by atoms with E-state index in [1.165, 1.54) is 18.3 Å². The molecule has 1 aromatic carbocycles. The summed E-state index contributed by atoms with van der Waals surface area (Å²) in [6.07, 6.45) is -3.43. The minimum Gasteiger partial charge on any atom is -0.380 e. The number of hydrogen-bond acceptors (Lipinski definition) is 8. The zero-order valence-corrected chi connectivity index (χ0v) is 13.3. The molecule has 0 amide bonds. The molecule has 0 aliphatic carbocycles. The first kappa shape index (κ1) is 17.6. The van der Waals surface area contributed by atoms with Gasteiger partial charge < -0.3 is 15.2 Å². The van der Waals surface area contributed by atoms with E-state index in [4.69, 9.17) is 0 Å². The van der Waals surface area contributed by atoms with Crippen LogP contribution in [0.1, 0.15) is 18.5 Å². The van der Waals surface area contributed by atoms with Gasteiger partial charge in [0.2, 0.25) is 5.82 Å². The predicted molar refractivity (Wildman–Crippen MR) is 85.4 cm³/mol. The highest BCUT2D eigenvalue weighted by Crippen LogP contribution is 2.29. The first-order valence-corrected chi connectivity index (χ1v) is 7.48. The van der Waals surface area contributed by atoms with Gasteiger partial charge in [-0.1, -0.05) is 5.16 Å². The number of anilines is 2. The molecule has 26 heavy (non-hydrogen) atoms. The highest BCUT2D eigenvalue weighted by atomic mass is 19.4. The van der Waals surface area contributed by atoms with E-state index in [1.807, 2.05) is 0 Å². The van der Waals surface area contributed by atoms with Crippen molar-refractivity contribution in [1.29, 1.82) is 0 Å². The van der Waals surface area contributed by atoms with Gasteiger partial charge in [-0.05, 0) is 19.1 Å². The molecule has 0 atom stereocenters. The zero-order valence-electron chi connectivity index (χ0n) is 13.3. The van der Waals surface area contributed by atoms with Crippen LogP contribution in [0.25, 0.3) is 11.4 Å². The summed E-state index contributed by atoms with van der Waals surface area (Å²) in [4.78, 5) is 30.3. The monoisotopic (exact) mass is 367 g/mol. The van der Waals surface area contributed by atoms with Gasteiger partial charge in [0.25, 0.3) is 10.9 Å². The molecule has 0 saturated carbocycles. The van der Waals surface area contributed by atoms with Crippen molar-refractivity contribution < 1.29 is 17.7 Å². The molecule has 0 radical (unpaired) electrons. The molecule has 0 aliphatic rings. The van der Waals surface area contributed by atoms with Crippen molar-refractivity contribution in [2.45, 2.75) is 19.6 Å². The van der Waals surface area contributed by atoms with E-state index in [0.717, 1.165) is 0 Å². The van der Waals surface area contributed by atoms with Crippen LogP contribution < -0.4 is 21.5 Å². The van der Waals surface area contributed by atoms with Crippen molar-refractivity contribution in [3.63, 3.8) is 0 Å². The Hall–Kier alpha value is -3.24. The fourth-order valence-corrected chi connectivity index (χ4v) is 2.20. The Kier molecular flexibility index (Phi) is 4.45. The normalized spacial score (nSPS) is 11.7. The molecule has 0 fully saturated rings. The second-order valence-corrected chi connectivity index (χ2v) is 5.25. The van der Waals surface area contributed by atoms with Crippen LogP contribution in [-0.4, -0.2) is 21.7 Å². The molecule has 0 aliphatic heterocycles. The van der Waals surface area contributed by atoms with Crippen LogP contribution in [0.15, 0.2) is 32.4 Å². The molecule has 8 nitrogen and oxygen atoms in total. The third kappa shape index (κ3) is 3.27. The molecule has 2 N–H and O–H groups in total. The summed E-state index contributed by atoms with van der Waals surface area (Å²) in [5.41, 5.74) is -0.00479. The standard InChI is InChI=1S/C15H12F3N5O3/c1-2-19-9-10(12(25)11(9)24)21-6-8-4-3-7(5-20-8)13-22-14(26-23-13)15(16,17)18/h3-5,19,21H,2,6H2,1H3. The number of aromatic nitrogens is 3. The fraction of sp³-hybridized carbons (Fsp3) is 0.267. The van der Waals surface area contributed by atoms with Gasteiger partial charge in [0.05, 0.1) is 12.2 Å². The summed E-state index contributed by atoms with van der Waals surface area (Å²) in [5.74, 6) is -1.67. The second kappa shape index (κ2) is 6.58. The van der Waals surface area contributed by atoms with E-state index < -0.39 is 22.9 Å². The van der Waals surface area contributed by atoms with Gasteiger partial charge in [-0.25, -0.2) is 0 Å². The molecule has 0 saturated heterocycles. The van der Waals surface area contributed by atoms with E-state index in [1.54, 1.807) is 6.92 Å². The van der Waals surface area contributed by atoms with Gasteiger partial charge in [0, 0.05) is 18.3 Å². The summed E-state index contributed by atoms with van der Waals surface area (Å²) in [6.45, 7) is 2.45. The van der Waals surface area contributed by atoms with Crippen LogP contribution in [0.4, 0.5) is 24.5 Å². The molecule has 3 aromatic rings. The second-order valence-electron chi connectivity index (χ2n) is 5.25. The third-order valence-electron chi connectivity index (χ3n) is 3.46. The molecule has 3 rings (SSSR count). The minimum atomic E-state index is -4.72. The first-order chi connectivity index (χ1) is 12.3. The Morgan fingerprint density at radius 1 is 1.12 bits per heavy atom. The summed E-state index contributed by atoms with van der Waals surface area (Å²) < 4.78 is 41.5. The van der Waals surface area contributed by atoms with Crippen molar-refractivity contribution in [2.24, 2.45) is 0 Å². The molecule has 0 bridgehead atoms. The Balaban J connectivity index is 1.69. The van der Waals surface area contributed by atoms with Gasteiger partial charge in [-0.2, -0.15) is 18.2 Å². The highest BCUT2D eigenvalue weighted by Gasteiger charge is 2.38. The molecule has 136 valence electrons. The molecular weight excluding hydrogens is 355 g/mol. The number of nitrogens with zero attached hydrogens (tertiary/aromatic N) is 3. The van der Waals surface area contributed by atoms with Gasteiger partial charge in [-0.15, -0.1) is 0 Å². The minimum absolute atomic E-state index is 0.156. The van der Waals surface area contributed by atoms with Gasteiger partial charge in [-0.3, -0.25) is 14.6 Å². The van der Waals surface area contributed by atoms with E-state index in [9.17, 15) is 22.8 Å². The zero-order chi connectivity index (χ0) is 18.9. The van der Waals surface area contributed by atoms with Crippen LogP contribution in [0.5, 0.6) is 0 Å². The van der Waals surface area contributed by atoms with Crippen molar-refractivity contribution in [2.75, 3.05) is 17.2 Å². The van der Waals surface area contributed by atoms with E-state index >= 15 is 0 Å². The topological polar surface area (TPSA) is 110 Å². The molecule has 2 aromatic heterocycles. The first-order valence-electron chi connectivity index (χ1n) is 7.48. The predicted octanol–water partition coefficient (Wildman–Crippen LogP) is 1.79. The van der Waals surface area contributed by atoms with Crippen molar-refractivity contribution in [3.8, 4) is 11.4 Å². The Morgan fingerprint density at radius 2 is 1.81 bits per heavy atom. The van der Waals surface area contributed by atoms with Crippen molar-refractivity contribution in [3.05, 3.63) is 50.4 Å². The average Bonchev–Trinajstić information content (AvgIpc) is 3.11. The number of alkyl halides is 3. The quantitative estimate of drug-likeness (QED) is 0.635. The lowest BCUT2D eigenvalue weighted by Gasteiger charge is -2.13. The van der Waals surface area contributed by atoms with E-state index in [-0.39, 0.29) is 29.3 Å². The summed E-state index contributed by atoms with van der Waals surface area (Å²) >= 11 is 0. The Labute approximate surface area is 143 Å². The summed E-state index contributed by atoms with van der Waals surface area (Å²) in [7, 11) is 0. The van der Waals surface area contributed by atoms with Crippen LogP contribution >= 0.6 is 0 Å². The number of nitrogens with one attached hydrogen (secondary N) is 2. The number of pyridine rings is 1. The van der Waals surface area contributed by atoms with Gasteiger partial charge in [0.15, 0.2) is 0 Å². The molecule has 0 unspecified atom stereocenters. The molecule has 2 heterocycles. The Morgan fingerprint density at radius 3 is 2.35 bits per heavy atom. The summed E-state index contributed by atoms with van der Waals surface area (Å²) in [5, 5.41) is 8.89. The maximum atomic E-state index is 12.5. The third-order valence-corrected chi connectivity index (χ3v) is 3.46. The highest BCUT2D eigenvalue weighted by molar-refractivity contribution is 5.73. The van der Waals surface area contributed by atoms with Gasteiger partial charge >= 0.3 is 12.1 Å². The average molecular weight is 367 g/mol. The molecular formula is C15H12F3N5O3. The maximum Gasteiger partial charge on any atom is 0.471 e. The number of halogens is 3. The maximum absolute atomic E-state index is 12.5. The molecule has 0 spiro atoms. The van der Waals surface area contributed by atoms with Crippen molar-refractivity contribution >= 4 is 11.4 Å². The lowest BCUT2D eigenvalue weighted by atomic mass is 10.2. The lowest BCUT2D eigenvalue weighted by Crippen LogP contribution is -2.37. The van der Waals surface area contributed by atoms with Crippen LogP contribution in [0.3, 0.4) is 0 Å². The van der Waals surface area contributed by atoms with Crippen LogP contribution in [-0.2, 0) is 12.7 Å². The smallest absolute Gasteiger partial charge is 0.380 e. The van der Waals surface area contributed by atoms with Crippen LogP contribution in [0, 0.1) is 0 Å². The van der Waals surface area contributed by atoms with Crippen molar-refractivity contribution in [1.82, 2.24) is 15.1 Å². The number of hydrogen-bond donors (Lipinski definition) is 2. The van der Waals surface area contributed by atoms with Gasteiger partial charge in [0.1, 0.15) is 11.4 Å². The molecule has 11 heteroatoms. The van der Waals surface area contributed by atoms with E-state index in [0.29, 0.717) is 12.2 Å². The lowest BCUT2D eigenvalue weighted by molar-refractivity contribution is -0.159. The fourth-order valence-electron chi connectivity index (χ4n) is 2.20. The van der Waals surface area contributed by atoms with Crippen LogP contribution in [0.2, 0.25) is 0 Å².